The highest BCUT2D eigenvalue weighted by Crippen LogP contribution is 2.18. The van der Waals surface area contributed by atoms with Crippen LogP contribution < -0.4 is 0 Å². The quantitative estimate of drug-likeness (QED) is 0.790. The zero-order valence-corrected chi connectivity index (χ0v) is 16.3. The van der Waals surface area contributed by atoms with Crippen molar-refractivity contribution < 1.29 is 14.4 Å². The van der Waals surface area contributed by atoms with Gasteiger partial charge >= 0.3 is 0 Å². The molecule has 1 unspecified atom stereocenters. The van der Waals surface area contributed by atoms with Crippen LogP contribution in [0.1, 0.15) is 37.3 Å². The minimum absolute atomic E-state index is 0.0263. The summed E-state index contributed by atoms with van der Waals surface area (Å²) in [5.74, 6) is 0.216. The number of aryl methyl sites for hydroxylation is 1. The van der Waals surface area contributed by atoms with Crippen molar-refractivity contribution in [3.63, 3.8) is 0 Å². The number of carbonyl (C=O) groups excluding carboxylic acids is 3. The first-order chi connectivity index (χ1) is 13.0. The molecular weight excluding hydrogens is 342 g/mol. The Labute approximate surface area is 161 Å². The normalized spacial score (nSPS) is 18.7. The van der Waals surface area contributed by atoms with Crippen molar-refractivity contribution >= 4 is 17.7 Å². The van der Waals surface area contributed by atoms with E-state index in [2.05, 4.69) is 0 Å². The summed E-state index contributed by atoms with van der Waals surface area (Å²) in [5, 5.41) is 0. The van der Waals surface area contributed by atoms with E-state index in [1.165, 1.54) is 5.56 Å². The smallest absolute Gasteiger partial charge is 0.245 e. The second-order valence-electron chi connectivity index (χ2n) is 7.48. The maximum Gasteiger partial charge on any atom is 0.245 e. The number of nitrogens with zero attached hydrogens (tertiary/aromatic N) is 3. The Balaban J connectivity index is 1.53. The van der Waals surface area contributed by atoms with Crippen molar-refractivity contribution in [2.45, 2.75) is 45.6 Å². The number of piperazine rings is 1. The third-order valence-electron chi connectivity index (χ3n) is 5.58. The molecular formula is C21H29N3O3. The van der Waals surface area contributed by atoms with Crippen LogP contribution in [-0.2, 0) is 20.8 Å². The number of likely N-dealkylation sites (tertiary alicyclic amines) is 1. The van der Waals surface area contributed by atoms with Crippen molar-refractivity contribution in [1.29, 1.82) is 0 Å². The standard InChI is InChI=1S/C21H29N3O3/c1-3-18(24-10-4-5-19(24)25)21(27)23-13-11-22(12-14-23)20(26)15-17-8-6-16(2)7-9-17/h6-9,18H,3-5,10-15H2,1-2H3. The molecule has 0 bridgehead atoms. The molecule has 0 radical (unpaired) electrons. The Morgan fingerprint density at radius 3 is 2.19 bits per heavy atom. The van der Waals surface area contributed by atoms with Crippen LogP contribution in [0.3, 0.4) is 0 Å². The molecule has 0 saturated carbocycles. The van der Waals surface area contributed by atoms with Crippen molar-refractivity contribution in [2.75, 3.05) is 32.7 Å². The number of rotatable bonds is 5. The van der Waals surface area contributed by atoms with Gasteiger partial charge in [-0.3, -0.25) is 14.4 Å². The lowest BCUT2D eigenvalue weighted by molar-refractivity contribution is -0.146. The Morgan fingerprint density at radius 2 is 1.63 bits per heavy atom. The fourth-order valence-electron chi connectivity index (χ4n) is 3.91. The average molecular weight is 371 g/mol. The molecule has 2 aliphatic heterocycles. The molecule has 0 aromatic heterocycles. The molecule has 3 amide bonds. The third-order valence-corrected chi connectivity index (χ3v) is 5.58. The Hall–Kier alpha value is -2.37. The van der Waals surface area contributed by atoms with Crippen molar-refractivity contribution in [2.24, 2.45) is 0 Å². The fraction of sp³-hybridized carbons (Fsp3) is 0.571. The van der Waals surface area contributed by atoms with Crippen LogP contribution in [-0.4, -0.2) is 71.2 Å². The molecule has 1 aromatic rings. The summed E-state index contributed by atoms with van der Waals surface area (Å²) in [6, 6.07) is 7.67. The molecule has 0 aliphatic carbocycles. The highest BCUT2D eigenvalue weighted by molar-refractivity contribution is 5.89. The molecule has 1 aromatic carbocycles. The number of hydrogen-bond acceptors (Lipinski definition) is 3. The van der Waals surface area contributed by atoms with Crippen LogP contribution in [0.2, 0.25) is 0 Å². The van der Waals surface area contributed by atoms with Gasteiger partial charge in [-0.25, -0.2) is 0 Å². The zero-order valence-electron chi connectivity index (χ0n) is 16.3. The van der Waals surface area contributed by atoms with Gasteiger partial charge in [0.2, 0.25) is 17.7 Å². The second-order valence-corrected chi connectivity index (χ2v) is 7.48. The van der Waals surface area contributed by atoms with Gasteiger partial charge in [-0.15, -0.1) is 0 Å². The van der Waals surface area contributed by atoms with Gasteiger partial charge in [-0.05, 0) is 25.3 Å². The first-order valence-electron chi connectivity index (χ1n) is 9.91. The van der Waals surface area contributed by atoms with Crippen LogP contribution in [0.15, 0.2) is 24.3 Å². The lowest BCUT2D eigenvalue weighted by Crippen LogP contribution is -2.56. The summed E-state index contributed by atoms with van der Waals surface area (Å²) in [5.41, 5.74) is 2.20. The highest BCUT2D eigenvalue weighted by atomic mass is 16.2. The van der Waals surface area contributed by atoms with E-state index in [0.717, 1.165) is 12.0 Å². The van der Waals surface area contributed by atoms with Crippen molar-refractivity contribution in [3.8, 4) is 0 Å². The number of hydrogen-bond donors (Lipinski definition) is 0. The van der Waals surface area contributed by atoms with Gasteiger partial charge in [-0.1, -0.05) is 36.8 Å². The van der Waals surface area contributed by atoms with Gasteiger partial charge in [0.25, 0.3) is 0 Å². The molecule has 1 atom stereocenters. The maximum atomic E-state index is 12.9. The van der Waals surface area contributed by atoms with E-state index in [4.69, 9.17) is 0 Å². The molecule has 146 valence electrons. The summed E-state index contributed by atoms with van der Waals surface area (Å²) in [6.07, 6.45) is 2.42. The van der Waals surface area contributed by atoms with Crippen LogP contribution in [0.4, 0.5) is 0 Å². The van der Waals surface area contributed by atoms with Gasteiger partial charge in [0.1, 0.15) is 6.04 Å². The minimum Gasteiger partial charge on any atom is -0.339 e. The number of amides is 3. The van der Waals surface area contributed by atoms with Gasteiger partial charge < -0.3 is 14.7 Å². The van der Waals surface area contributed by atoms with E-state index in [9.17, 15) is 14.4 Å². The third kappa shape index (κ3) is 4.49. The molecule has 0 N–H and O–H groups in total. The van der Waals surface area contributed by atoms with Gasteiger partial charge in [0.15, 0.2) is 0 Å². The van der Waals surface area contributed by atoms with E-state index in [1.54, 1.807) is 4.90 Å². The SMILES string of the molecule is CCC(C(=O)N1CCN(C(=O)Cc2ccc(C)cc2)CC1)N1CCCC1=O. The first-order valence-corrected chi connectivity index (χ1v) is 9.91. The van der Waals surface area contributed by atoms with E-state index < -0.39 is 0 Å². The molecule has 2 heterocycles. The minimum atomic E-state index is -0.352. The van der Waals surface area contributed by atoms with Crippen LogP contribution >= 0.6 is 0 Å². The Kier molecular flexibility index (Phi) is 6.14. The van der Waals surface area contributed by atoms with Crippen LogP contribution in [0, 0.1) is 6.92 Å². The average Bonchev–Trinajstić information content (AvgIpc) is 3.10. The second kappa shape index (κ2) is 8.55. The number of benzene rings is 1. The van der Waals surface area contributed by atoms with Gasteiger partial charge in [0, 0.05) is 39.1 Å². The van der Waals surface area contributed by atoms with Crippen molar-refractivity contribution in [1.82, 2.24) is 14.7 Å². The molecule has 6 nitrogen and oxygen atoms in total. The molecule has 3 rings (SSSR count). The Bertz CT molecular complexity index is 693. The molecule has 6 heteroatoms. The molecule has 2 saturated heterocycles. The molecule has 0 spiro atoms. The fourth-order valence-corrected chi connectivity index (χ4v) is 3.91. The largest absolute Gasteiger partial charge is 0.339 e. The van der Waals surface area contributed by atoms with E-state index >= 15 is 0 Å². The maximum absolute atomic E-state index is 12.9. The molecule has 2 fully saturated rings. The summed E-state index contributed by atoms with van der Waals surface area (Å²) in [4.78, 5) is 42.8. The van der Waals surface area contributed by atoms with Crippen molar-refractivity contribution in [3.05, 3.63) is 35.4 Å². The van der Waals surface area contributed by atoms with Crippen LogP contribution in [0.25, 0.3) is 0 Å². The van der Waals surface area contributed by atoms with Crippen LogP contribution in [0.5, 0.6) is 0 Å². The predicted molar refractivity (Wildman–Crippen MR) is 103 cm³/mol. The highest BCUT2D eigenvalue weighted by Gasteiger charge is 2.35. The van der Waals surface area contributed by atoms with E-state index in [0.29, 0.717) is 52.0 Å². The summed E-state index contributed by atoms with van der Waals surface area (Å²) >= 11 is 0. The zero-order chi connectivity index (χ0) is 19.4. The lowest BCUT2D eigenvalue weighted by atomic mass is 10.1. The topological polar surface area (TPSA) is 60.9 Å². The van der Waals surface area contributed by atoms with Gasteiger partial charge in [-0.2, -0.15) is 0 Å². The van der Waals surface area contributed by atoms with E-state index in [1.807, 2.05) is 47.9 Å². The molecule has 2 aliphatic rings. The van der Waals surface area contributed by atoms with Gasteiger partial charge in [0.05, 0.1) is 6.42 Å². The summed E-state index contributed by atoms with van der Waals surface area (Å²) in [6.45, 7) is 6.85. The molecule has 27 heavy (non-hydrogen) atoms. The monoisotopic (exact) mass is 371 g/mol. The predicted octanol–water partition coefficient (Wildman–Crippen LogP) is 1.61. The summed E-state index contributed by atoms with van der Waals surface area (Å²) < 4.78 is 0. The lowest BCUT2D eigenvalue weighted by Gasteiger charge is -2.38. The summed E-state index contributed by atoms with van der Waals surface area (Å²) in [7, 11) is 0. The number of carbonyl (C=O) groups is 3. The first kappa shape index (κ1) is 19.4. The Morgan fingerprint density at radius 1 is 1.00 bits per heavy atom. The van der Waals surface area contributed by atoms with E-state index in [-0.39, 0.29) is 23.8 Å².